The third-order valence-electron chi connectivity index (χ3n) is 4.56. The second kappa shape index (κ2) is 6.15. The van der Waals surface area contributed by atoms with Gasteiger partial charge in [0, 0.05) is 18.7 Å². The highest BCUT2D eigenvalue weighted by Gasteiger charge is 2.10. The Morgan fingerprint density at radius 3 is 2.69 bits per heavy atom. The number of para-hydroxylation sites is 2. The highest BCUT2D eigenvalue weighted by atomic mass is 16.1. The molecule has 2 heterocycles. The van der Waals surface area contributed by atoms with Gasteiger partial charge < -0.3 is 10.3 Å². The molecule has 0 spiro atoms. The van der Waals surface area contributed by atoms with Crippen LogP contribution in [0.25, 0.3) is 22.3 Å². The maximum Gasteiger partial charge on any atom is 0.266 e. The molecule has 0 saturated carbocycles. The van der Waals surface area contributed by atoms with Crippen LogP contribution in [0.15, 0.2) is 59.4 Å². The van der Waals surface area contributed by atoms with Gasteiger partial charge in [0.15, 0.2) is 0 Å². The normalized spacial score (nSPS) is 11.2. The largest absolute Gasteiger partial charge is 0.369 e. The third-order valence-corrected chi connectivity index (χ3v) is 4.56. The van der Waals surface area contributed by atoms with Crippen molar-refractivity contribution in [2.24, 2.45) is 7.05 Å². The number of rotatable bonds is 3. The minimum atomic E-state index is -0.125. The first kappa shape index (κ1) is 16.1. The van der Waals surface area contributed by atoms with Crippen molar-refractivity contribution in [3.05, 3.63) is 76.1 Å². The van der Waals surface area contributed by atoms with Crippen LogP contribution in [-0.2, 0) is 13.6 Å². The number of imidazole rings is 1. The van der Waals surface area contributed by atoms with Gasteiger partial charge in [-0.1, -0.05) is 24.3 Å². The number of hydrogen-bond acceptors (Lipinski definition) is 4. The summed E-state index contributed by atoms with van der Waals surface area (Å²) in [5.74, 6) is 0.494. The van der Waals surface area contributed by atoms with Crippen LogP contribution in [-0.4, -0.2) is 19.3 Å². The van der Waals surface area contributed by atoms with E-state index in [4.69, 9.17) is 5.73 Å². The topological polar surface area (TPSA) is 78.7 Å². The number of anilines is 1. The summed E-state index contributed by atoms with van der Waals surface area (Å²) in [6, 6.07) is 17.4. The fourth-order valence-electron chi connectivity index (χ4n) is 3.13. The molecule has 2 N–H and O–H groups in total. The van der Waals surface area contributed by atoms with Crippen molar-refractivity contribution in [3.63, 3.8) is 0 Å². The van der Waals surface area contributed by atoms with E-state index in [-0.39, 0.29) is 5.56 Å². The van der Waals surface area contributed by atoms with Gasteiger partial charge in [-0.15, -0.1) is 0 Å². The van der Waals surface area contributed by atoms with Gasteiger partial charge in [0.2, 0.25) is 5.95 Å². The summed E-state index contributed by atoms with van der Waals surface area (Å²) in [7, 11) is 1.66. The number of nitrogens with two attached hydrogens (primary N) is 1. The van der Waals surface area contributed by atoms with Crippen LogP contribution >= 0.6 is 0 Å². The lowest BCUT2D eigenvalue weighted by molar-refractivity contribution is 0.711. The number of aryl methyl sites for hydroxylation is 2. The molecule has 2 aromatic heterocycles. The van der Waals surface area contributed by atoms with Crippen molar-refractivity contribution in [3.8, 4) is 11.3 Å². The quantitative estimate of drug-likeness (QED) is 0.619. The molecule has 2 aromatic carbocycles. The molecular formula is C20H19N5O. The first-order valence-corrected chi connectivity index (χ1v) is 8.38. The second-order valence-corrected chi connectivity index (χ2v) is 6.37. The molecule has 0 amide bonds. The summed E-state index contributed by atoms with van der Waals surface area (Å²) in [6.07, 6.45) is 0. The van der Waals surface area contributed by atoms with Gasteiger partial charge in [0.05, 0.1) is 23.3 Å². The summed E-state index contributed by atoms with van der Waals surface area (Å²) in [5, 5.41) is 4.37. The van der Waals surface area contributed by atoms with E-state index >= 15 is 0 Å². The fourth-order valence-corrected chi connectivity index (χ4v) is 3.13. The van der Waals surface area contributed by atoms with Crippen LogP contribution in [0.5, 0.6) is 0 Å². The number of aromatic nitrogens is 4. The zero-order valence-electron chi connectivity index (χ0n) is 14.7. The summed E-state index contributed by atoms with van der Waals surface area (Å²) in [6.45, 7) is 2.65. The molecule has 0 atom stereocenters. The molecule has 26 heavy (non-hydrogen) atoms. The summed E-state index contributed by atoms with van der Waals surface area (Å²) >= 11 is 0. The van der Waals surface area contributed by atoms with Crippen LogP contribution in [0.2, 0.25) is 0 Å². The van der Waals surface area contributed by atoms with Gasteiger partial charge in [0.25, 0.3) is 5.56 Å². The monoisotopic (exact) mass is 345 g/mol. The predicted octanol–water partition coefficient (Wildman–Crippen LogP) is 2.74. The number of nitrogens with zero attached hydrogens (tertiary/aromatic N) is 4. The zero-order chi connectivity index (χ0) is 18.3. The number of fused-ring (bicyclic) bond motifs is 1. The van der Waals surface area contributed by atoms with Gasteiger partial charge in [0.1, 0.15) is 0 Å². The molecule has 0 radical (unpaired) electrons. The molecule has 0 aliphatic rings. The Balaban J connectivity index is 1.77. The molecule has 0 unspecified atom stereocenters. The minimum Gasteiger partial charge on any atom is -0.369 e. The Hall–Kier alpha value is -3.41. The number of hydrogen-bond donors (Lipinski definition) is 1. The molecule has 4 aromatic rings. The van der Waals surface area contributed by atoms with Gasteiger partial charge >= 0.3 is 0 Å². The zero-order valence-corrected chi connectivity index (χ0v) is 14.7. The van der Waals surface area contributed by atoms with Crippen molar-refractivity contribution in [2.75, 3.05) is 5.73 Å². The molecule has 6 heteroatoms. The molecule has 6 nitrogen and oxygen atoms in total. The SMILES string of the molecule is Cc1ccc(Cn2c(N)nc3ccccc32)cc1-c1ccc(=O)n(C)n1. The van der Waals surface area contributed by atoms with E-state index in [1.165, 1.54) is 10.7 Å². The van der Waals surface area contributed by atoms with E-state index in [2.05, 4.69) is 28.3 Å². The highest BCUT2D eigenvalue weighted by molar-refractivity contribution is 5.78. The molecule has 0 aliphatic carbocycles. The average Bonchev–Trinajstić information content (AvgIpc) is 2.95. The lowest BCUT2D eigenvalue weighted by Gasteiger charge is -2.11. The Morgan fingerprint density at radius 2 is 1.88 bits per heavy atom. The van der Waals surface area contributed by atoms with E-state index in [9.17, 15) is 4.79 Å². The predicted molar refractivity (Wildman–Crippen MR) is 103 cm³/mol. The van der Waals surface area contributed by atoms with Crippen LogP contribution in [0.1, 0.15) is 11.1 Å². The summed E-state index contributed by atoms with van der Waals surface area (Å²) in [4.78, 5) is 16.0. The van der Waals surface area contributed by atoms with E-state index in [1.807, 2.05) is 35.8 Å². The first-order valence-electron chi connectivity index (χ1n) is 8.38. The van der Waals surface area contributed by atoms with Gasteiger partial charge in [-0.2, -0.15) is 5.10 Å². The smallest absolute Gasteiger partial charge is 0.266 e. The van der Waals surface area contributed by atoms with Crippen LogP contribution < -0.4 is 11.3 Å². The molecule has 0 aliphatic heterocycles. The van der Waals surface area contributed by atoms with E-state index in [0.29, 0.717) is 12.5 Å². The highest BCUT2D eigenvalue weighted by Crippen LogP contribution is 2.24. The Bertz CT molecular complexity index is 1170. The standard InChI is InChI=1S/C20H19N5O/c1-13-7-8-14(11-15(13)16-9-10-19(26)24(2)23-16)12-25-18-6-4-3-5-17(18)22-20(25)21/h3-11H,12H2,1-2H3,(H2,21,22). The van der Waals surface area contributed by atoms with Gasteiger partial charge in [-0.05, 0) is 42.3 Å². The van der Waals surface area contributed by atoms with Crippen molar-refractivity contribution < 1.29 is 0 Å². The van der Waals surface area contributed by atoms with Crippen LogP contribution in [0, 0.1) is 6.92 Å². The maximum atomic E-state index is 11.6. The maximum absolute atomic E-state index is 11.6. The Labute approximate surface area is 150 Å². The van der Waals surface area contributed by atoms with Crippen molar-refractivity contribution in [1.82, 2.24) is 19.3 Å². The van der Waals surface area contributed by atoms with Gasteiger partial charge in [-0.25, -0.2) is 9.67 Å². The van der Waals surface area contributed by atoms with Crippen LogP contribution in [0.4, 0.5) is 5.95 Å². The molecule has 0 bridgehead atoms. The molecular weight excluding hydrogens is 326 g/mol. The average molecular weight is 345 g/mol. The first-order chi connectivity index (χ1) is 12.5. The Kier molecular flexibility index (Phi) is 3.80. The van der Waals surface area contributed by atoms with Crippen molar-refractivity contribution in [1.29, 1.82) is 0 Å². The molecule has 130 valence electrons. The number of nitrogen functional groups attached to an aromatic ring is 1. The molecule has 0 fully saturated rings. The lowest BCUT2D eigenvalue weighted by atomic mass is 10.0. The van der Waals surface area contributed by atoms with E-state index in [0.717, 1.165) is 33.4 Å². The Morgan fingerprint density at radius 1 is 1.08 bits per heavy atom. The van der Waals surface area contributed by atoms with E-state index < -0.39 is 0 Å². The van der Waals surface area contributed by atoms with Gasteiger partial charge in [-0.3, -0.25) is 4.79 Å². The lowest BCUT2D eigenvalue weighted by Crippen LogP contribution is -2.18. The fraction of sp³-hybridized carbons (Fsp3) is 0.150. The molecule has 4 rings (SSSR count). The van der Waals surface area contributed by atoms with E-state index in [1.54, 1.807) is 13.1 Å². The van der Waals surface area contributed by atoms with Crippen LogP contribution in [0.3, 0.4) is 0 Å². The van der Waals surface area contributed by atoms with Crippen molar-refractivity contribution in [2.45, 2.75) is 13.5 Å². The summed E-state index contributed by atoms with van der Waals surface area (Å²) in [5.41, 5.74) is 11.9. The summed E-state index contributed by atoms with van der Waals surface area (Å²) < 4.78 is 3.35. The minimum absolute atomic E-state index is 0.125. The molecule has 0 saturated heterocycles. The van der Waals surface area contributed by atoms with Crippen molar-refractivity contribution >= 4 is 17.0 Å². The third kappa shape index (κ3) is 2.75. The second-order valence-electron chi connectivity index (χ2n) is 6.37. The number of benzene rings is 2.